The Balaban J connectivity index is 1.53. The molecule has 1 atom stereocenters. The van der Waals surface area contributed by atoms with Gasteiger partial charge in [-0.15, -0.1) is 10.2 Å². The number of hydrogen-bond acceptors (Lipinski definition) is 5. The van der Waals surface area contributed by atoms with Gasteiger partial charge in [0.05, 0.1) is 10.6 Å². The van der Waals surface area contributed by atoms with Crippen molar-refractivity contribution in [1.82, 2.24) is 19.5 Å². The average Bonchev–Trinajstić information content (AvgIpc) is 3.08. The van der Waals surface area contributed by atoms with Gasteiger partial charge in [-0.1, -0.05) is 13.3 Å². The highest BCUT2D eigenvalue weighted by atomic mass is 32.2. The average molecular weight is 486 g/mol. The second-order valence-electron chi connectivity index (χ2n) is 8.51. The topological polar surface area (TPSA) is 106 Å². The second-order valence-corrected chi connectivity index (χ2v) is 10.2. The van der Waals surface area contributed by atoms with Crippen LogP contribution in [-0.2, 0) is 23.0 Å². The molecule has 0 radical (unpaired) electrons. The lowest BCUT2D eigenvalue weighted by atomic mass is 10.1. The molecule has 1 aliphatic heterocycles. The third-order valence-electron chi connectivity index (χ3n) is 5.98. The van der Waals surface area contributed by atoms with Crippen molar-refractivity contribution in [2.75, 3.05) is 5.32 Å². The number of rotatable bonds is 7. The molecule has 0 saturated heterocycles. The van der Waals surface area contributed by atoms with Crippen molar-refractivity contribution in [3.8, 4) is 11.4 Å². The number of carbonyl (C=O) groups excluding carboxylic acids is 1. The minimum atomic E-state index is -3.68. The smallest absolute Gasteiger partial charge is 0.255 e. The number of benzene rings is 2. The number of fused-ring (bicyclic) bond motifs is 1. The molecular formula is C24H28FN5O3S. The number of amides is 1. The molecular weight excluding hydrogens is 457 g/mol. The van der Waals surface area contributed by atoms with Gasteiger partial charge in [0.2, 0.25) is 10.0 Å². The third-order valence-corrected chi connectivity index (χ3v) is 7.58. The van der Waals surface area contributed by atoms with Crippen molar-refractivity contribution < 1.29 is 17.6 Å². The molecule has 3 aromatic rings. The lowest BCUT2D eigenvalue weighted by Crippen LogP contribution is -2.32. The highest BCUT2D eigenvalue weighted by Crippen LogP contribution is 2.27. The van der Waals surface area contributed by atoms with Gasteiger partial charge in [0.15, 0.2) is 5.82 Å². The zero-order chi connectivity index (χ0) is 24.3. The van der Waals surface area contributed by atoms with E-state index in [-0.39, 0.29) is 22.2 Å². The summed E-state index contributed by atoms with van der Waals surface area (Å²) in [5.74, 6) is 0.440. The van der Waals surface area contributed by atoms with E-state index in [0.717, 1.165) is 38.1 Å². The Labute approximate surface area is 198 Å². The van der Waals surface area contributed by atoms with Crippen LogP contribution < -0.4 is 10.0 Å². The van der Waals surface area contributed by atoms with Gasteiger partial charge in [-0.05, 0) is 68.7 Å². The summed E-state index contributed by atoms with van der Waals surface area (Å²) in [4.78, 5) is 12.8. The SMILES string of the molecule is CCC(C)NS(=O)(=O)c1ccc(C(=O)Nc2cc(-c3nnc4n3CCCCC4)ccc2F)cc1. The van der Waals surface area contributed by atoms with Crippen LogP contribution in [-0.4, -0.2) is 35.1 Å². The van der Waals surface area contributed by atoms with Crippen LogP contribution in [0.5, 0.6) is 0 Å². The lowest BCUT2D eigenvalue weighted by molar-refractivity contribution is 0.102. The Morgan fingerprint density at radius 3 is 2.62 bits per heavy atom. The molecule has 180 valence electrons. The molecule has 0 saturated carbocycles. The van der Waals surface area contributed by atoms with E-state index in [2.05, 4.69) is 24.8 Å². The molecule has 2 aromatic carbocycles. The van der Waals surface area contributed by atoms with Crippen molar-refractivity contribution in [3.63, 3.8) is 0 Å². The van der Waals surface area contributed by atoms with Gasteiger partial charge in [-0.2, -0.15) is 0 Å². The number of hydrogen-bond donors (Lipinski definition) is 2. The minimum Gasteiger partial charge on any atom is -0.319 e. The van der Waals surface area contributed by atoms with Gasteiger partial charge >= 0.3 is 0 Å². The van der Waals surface area contributed by atoms with Gasteiger partial charge in [0.1, 0.15) is 11.6 Å². The molecule has 10 heteroatoms. The van der Waals surface area contributed by atoms with Crippen LogP contribution in [0, 0.1) is 5.82 Å². The molecule has 1 amide bonds. The Kier molecular flexibility index (Phi) is 7.08. The Bertz CT molecular complexity index is 1290. The van der Waals surface area contributed by atoms with E-state index in [1.807, 2.05) is 6.92 Å². The van der Waals surface area contributed by atoms with Crippen molar-refractivity contribution in [2.24, 2.45) is 0 Å². The van der Waals surface area contributed by atoms with Crippen LogP contribution in [0.4, 0.5) is 10.1 Å². The first-order chi connectivity index (χ1) is 16.3. The first-order valence-electron chi connectivity index (χ1n) is 11.4. The van der Waals surface area contributed by atoms with Gasteiger partial charge in [0.25, 0.3) is 5.91 Å². The predicted molar refractivity (Wildman–Crippen MR) is 127 cm³/mol. The highest BCUT2D eigenvalue weighted by molar-refractivity contribution is 7.89. The fraction of sp³-hybridized carbons (Fsp3) is 0.375. The number of aromatic nitrogens is 3. The Morgan fingerprint density at radius 2 is 1.88 bits per heavy atom. The van der Waals surface area contributed by atoms with E-state index in [1.54, 1.807) is 19.1 Å². The molecule has 1 aliphatic rings. The van der Waals surface area contributed by atoms with Crippen molar-refractivity contribution in [1.29, 1.82) is 0 Å². The van der Waals surface area contributed by atoms with Gasteiger partial charge < -0.3 is 9.88 Å². The number of nitrogens with one attached hydrogen (secondary N) is 2. The number of carbonyl (C=O) groups is 1. The molecule has 2 N–H and O–H groups in total. The second kappa shape index (κ2) is 10.0. The van der Waals surface area contributed by atoms with E-state index in [9.17, 15) is 17.6 Å². The largest absolute Gasteiger partial charge is 0.319 e. The predicted octanol–water partition coefficient (Wildman–Crippen LogP) is 4.14. The first-order valence-corrected chi connectivity index (χ1v) is 12.9. The number of aryl methyl sites for hydroxylation is 1. The monoisotopic (exact) mass is 485 g/mol. The summed E-state index contributed by atoms with van der Waals surface area (Å²) < 4.78 is 44.0. The maximum absolute atomic E-state index is 14.5. The molecule has 0 fully saturated rings. The van der Waals surface area contributed by atoms with Crippen molar-refractivity contribution in [2.45, 2.75) is 63.4 Å². The summed E-state index contributed by atoms with van der Waals surface area (Å²) in [5, 5.41) is 11.2. The van der Waals surface area contributed by atoms with Crippen LogP contribution in [0.2, 0.25) is 0 Å². The van der Waals surface area contributed by atoms with Gasteiger partial charge in [0, 0.05) is 30.1 Å². The fourth-order valence-electron chi connectivity index (χ4n) is 3.85. The molecule has 0 bridgehead atoms. The van der Waals surface area contributed by atoms with Crippen LogP contribution in [0.25, 0.3) is 11.4 Å². The van der Waals surface area contributed by atoms with Crippen LogP contribution >= 0.6 is 0 Å². The van der Waals surface area contributed by atoms with Crippen LogP contribution in [0.3, 0.4) is 0 Å². The van der Waals surface area contributed by atoms with Gasteiger partial charge in [-0.25, -0.2) is 17.5 Å². The van der Waals surface area contributed by atoms with E-state index in [4.69, 9.17) is 0 Å². The number of sulfonamides is 1. The molecule has 8 nitrogen and oxygen atoms in total. The van der Waals surface area contributed by atoms with Crippen molar-refractivity contribution >= 4 is 21.6 Å². The normalized spacial score (nSPS) is 14.8. The summed E-state index contributed by atoms with van der Waals surface area (Å²) in [6.45, 7) is 4.46. The first kappa shape index (κ1) is 24.0. The summed E-state index contributed by atoms with van der Waals surface area (Å²) in [7, 11) is -3.68. The fourth-order valence-corrected chi connectivity index (χ4v) is 5.18. The van der Waals surface area contributed by atoms with Crippen LogP contribution in [0.1, 0.15) is 55.7 Å². The molecule has 1 aromatic heterocycles. The summed E-state index contributed by atoms with van der Waals surface area (Å²) in [5.41, 5.74) is 0.891. The number of nitrogens with zero attached hydrogens (tertiary/aromatic N) is 3. The zero-order valence-corrected chi connectivity index (χ0v) is 20.0. The van der Waals surface area contributed by atoms with E-state index in [1.165, 1.54) is 30.3 Å². The van der Waals surface area contributed by atoms with E-state index in [0.29, 0.717) is 17.8 Å². The third kappa shape index (κ3) is 5.18. The number of anilines is 1. The molecule has 0 aliphatic carbocycles. The number of halogens is 1. The molecule has 34 heavy (non-hydrogen) atoms. The maximum atomic E-state index is 14.5. The van der Waals surface area contributed by atoms with Gasteiger partial charge in [-0.3, -0.25) is 4.79 Å². The maximum Gasteiger partial charge on any atom is 0.255 e. The minimum absolute atomic E-state index is 0.0172. The zero-order valence-electron chi connectivity index (χ0n) is 19.2. The molecule has 1 unspecified atom stereocenters. The standard InChI is InChI=1S/C24H28FN5O3S/c1-3-16(2)29-34(32,33)19-11-8-17(9-12-19)24(31)26-21-15-18(10-13-20(21)25)23-28-27-22-7-5-4-6-14-30(22)23/h8-13,15-16,29H,3-7,14H2,1-2H3,(H,26,31). The molecule has 2 heterocycles. The lowest BCUT2D eigenvalue weighted by Gasteiger charge is -2.13. The van der Waals surface area contributed by atoms with E-state index < -0.39 is 21.7 Å². The Hall–Kier alpha value is -3.11. The summed E-state index contributed by atoms with van der Waals surface area (Å²) >= 11 is 0. The van der Waals surface area contributed by atoms with Crippen LogP contribution in [0.15, 0.2) is 47.4 Å². The highest BCUT2D eigenvalue weighted by Gasteiger charge is 2.19. The Morgan fingerprint density at radius 1 is 1.12 bits per heavy atom. The molecule has 4 rings (SSSR count). The summed E-state index contributed by atoms with van der Waals surface area (Å²) in [6, 6.07) is 9.78. The van der Waals surface area contributed by atoms with Crippen molar-refractivity contribution in [3.05, 3.63) is 59.7 Å². The summed E-state index contributed by atoms with van der Waals surface area (Å²) in [6.07, 6.45) is 4.73. The molecule has 0 spiro atoms. The quantitative estimate of drug-likeness (QED) is 0.523. The van der Waals surface area contributed by atoms with E-state index >= 15 is 0 Å².